The van der Waals surface area contributed by atoms with Gasteiger partial charge in [-0.05, 0) is 31.1 Å². The summed E-state index contributed by atoms with van der Waals surface area (Å²) in [6, 6.07) is 0. The minimum absolute atomic E-state index is 0.195. The lowest BCUT2D eigenvalue weighted by atomic mass is 9.87. The Morgan fingerprint density at radius 2 is 1.95 bits per heavy atom. The minimum atomic E-state index is 0.195. The van der Waals surface area contributed by atoms with E-state index in [9.17, 15) is 4.79 Å². The molecule has 20 heavy (non-hydrogen) atoms. The Balaban J connectivity index is 1.83. The van der Waals surface area contributed by atoms with Gasteiger partial charge in [0, 0.05) is 33.2 Å². The van der Waals surface area contributed by atoms with E-state index in [2.05, 4.69) is 29.1 Å². The number of carbonyl (C=O) groups is 1. The molecule has 0 radical (unpaired) electrons. The maximum Gasteiger partial charge on any atom is 0.241 e. The van der Waals surface area contributed by atoms with Crippen molar-refractivity contribution in [2.45, 2.75) is 39.5 Å². The van der Waals surface area contributed by atoms with Gasteiger partial charge in [-0.15, -0.1) is 0 Å². The van der Waals surface area contributed by atoms with E-state index in [0.717, 1.165) is 45.0 Å². The molecule has 2 aliphatic rings. The van der Waals surface area contributed by atoms with Crippen molar-refractivity contribution in [3.8, 4) is 0 Å². The topological polar surface area (TPSA) is 47.9 Å². The zero-order chi connectivity index (χ0) is 14.6. The zero-order valence-electron chi connectivity index (χ0n) is 13.1. The van der Waals surface area contributed by atoms with E-state index in [-0.39, 0.29) is 5.91 Å². The average molecular weight is 280 g/mol. The number of carbonyl (C=O) groups excluding carboxylic acids is 1. The molecule has 0 aliphatic carbocycles. The molecule has 5 nitrogen and oxygen atoms in total. The average Bonchev–Trinajstić information content (AvgIpc) is 3.10. The molecule has 2 saturated heterocycles. The normalized spacial score (nSPS) is 27.2. The summed E-state index contributed by atoms with van der Waals surface area (Å²) in [5, 5.41) is 3.23. The quantitative estimate of drug-likeness (QED) is 0.626. The van der Waals surface area contributed by atoms with Gasteiger partial charge in [-0.25, -0.2) is 0 Å². The van der Waals surface area contributed by atoms with Crippen molar-refractivity contribution in [2.75, 3.05) is 39.8 Å². The summed E-state index contributed by atoms with van der Waals surface area (Å²) < 4.78 is 0. The Bertz CT molecular complexity index is 376. The molecule has 0 bridgehead atoms. The molecule has 1 unspecified atom stereocenters. The van der Waals surface area contributed by atoms with Crippen LogP contribution in [-0.4, -0.2) is 61.4 Å². The minimum Gasteiger partial charge on any atom is -0.347 e. The molecule has 0 aromatic rings. The van der Waals surface area contributed by atoms with Gasteiger partial charge >= 0.3 is 0 Å². The second-order valence-corrected chi connectivity index (χ2v) is 6.32. The standard InChI is InChI=1S/C15H28N4O/c1-4-15(2)7-10-19(12-15)14(16-3)17-11-13(20)18-8-5-6-9-18/h4-12H2,1-3H3,(H,16,17). The first-order valence-electron chi connectivity index (χ1n) is 7.81. The largest absolute Gasteiger partial charge is 0.347 e. The number of aliphatic imine (C=N–C) groups is 1. The third-order valence-electron chi connectivity index (χ3n) is 4.78. The summed E-state index contributed by atoms with van der Waals surface area (Å²) in [6.07, 6.45) is 4.67. The number of amides is 1. The molecule has 2 aliphatic heterocycles. The fourth-order valence-electron chi connectivity index (χ4n) is 3.06. The second kappa shape index (κ2) is 6.46. The highest BCUT2D eigenvalue weighted by Crippen LogP contribution is 2.32. The summed E-state index contributed by atoms with van der Waals surface area (Å²) in [4.78, 5) is 20.6. The van der Waals surface area contributed by atoms with Crippen LogP contribution in [0.15, 0.2) is 4.99 Å². The number of hydrogen-bond donors (Lipinski definition) is 1. The van der Waals surface area contributed by atoms with E-state index in [1.165, 1.54) is 12.8 Å². The van der Waals surface area contributed by atoms with Gasteiger partial charge in [0.05, 0.1) is 6.54 Å². The van der Waals surface area contributed by atoms with Crippen molar-refractivity contribution >= 4 is 11.9 Å². The molecule has 114 valence electrons. The van der Waals surface area contributed by atoms with Gasteiger partial charge in [0.1, 0.15) is 0 Å². The summed E-state index contributed by atoms with van der Waals surface area (Å²) in [5.41, 5.74) is 0.385. The van der Waals surface area contributed by atoms with Gasteiger partial charge < -0.3 is 15.1 Å². The molecule has 0 spiro atoms. The van der Waals surface area contributed by atoms with Crippen molar-refractivity contribution in [3.63, 3.8) is 0 Å². The Morgan fingerprint density at radius 1 is 1.25 bits per heavy atom. The molecule has 2 fully saturated rings. The van der Waals surface area contributed by atoms with Crippen molar-refractivity contribution < 1.29 is 4.79 Å². The number of rotatable bonds is 3. The lowest BCUT2D eigenvalue weighted by Crippen LogP contribution is -2.45. The number of nitrogens with one attached hydrogen (secondary N) is 1. The van der Waals surface area contributed by atoms with Crippen molar-refractivity contribution in [3.05, 3.63) is 0 Å². The van der Waals surface area contributed by atoms with Crippen LogP contribution in [0.1, 0.15) is 39.5 Å². The van der Waals surface area contributed by atoms with Gasteiger partial charge in [-0.3, -0.25) is 9.79 Å². The molecule has 5 heteroatoms. The highest BCUT2D eigenvalue weighted by Gasteiger charge is 2.33. The van der Waals surface area contributed by atoms with Crippen LogP contribution < -0.4 is 5.32 Å². The lowest BCUT2D eigenvalue weighted by molar-refractivity contribution is -0.128. The highest BCUT2D eigenvalue weighted by molar-refractivity contribution is 5.86. The SMILES string of the molecule is CCC1(C)CCN(C(=NC)NCC(=O)N2CCCC2)C1. The molecule has 0 aromatic carbocycles. The van der Waals surface area contributed by atoms with Crippen LogP contribution in [-0.2, 0) is 4.79 Å². The second-order valence-electron chi connectivity index (χ2n) is 6.32. The van der Waals surface area contributed by atoms with Crippen molar-refractivity contribution in [1.29, 1.82) is 0 Å². The molecule has 1 amide bonds. The Kier molecular flexibility index (Phi) is 4.89. The van der Waals surface area contributed by atoms with E-state index in [1.54, 1.807) is 7.05 Å². The van der Waals surface area contributed by atoms with Crippen molar-refractivity contribution in [2.24, 2.45) is 10.4 Å². The smallest absolute Gasteiger partial charge is 0.241 e. The Hall–Kier alpha value is -1.26. The molecular weight excluding hydrogens is 252 g/mol. The maximum atomic E-state index is 12.1. The molecule has 2 heterocycles. The first-order chi connectivity index (χ1) is 9.58. The van der Waals surface area contributed by atoms with Gasteiger partial charge in [-0.2, -0.15) is 0 Å². The molecule has 1 atom stereocenters. The van der Waals surface area contributed by atoms with Gasteiger partial charge in [0.15, 0.2) is 5.96 Å². The summed E-state index contributed by atoms with van der Waals surface area (Å²) in [6.45, 7) is 8.83. The maximum absolute atomic E-state index is 12.1. The molecule has 2 rings (SSSR count). The van der Waals surface area contributed by atoms with Gasteiger partial charge in [-0.1, -0.05) is 13.8 Å². The lowest BCUT2D eigenvalue weighted by Gasteiger charge is -2.26. The molecule has 0 saturated carbocycles. The Morgan fingerprint density at radius 3 is 2.50 bits per heavy atom. The first-order valence-corrected chi connectivity index (χ1v) is 7.81. The van der Waals surface area contributed by atoms with Gasteiger partial charge in [0.2, 0.25) is 5.91 Å². The van der Waals surface area contributed by atoms with Crippen LogP contribution in [0.25, 0.3) is 0 Å². The van der Waals surface area contributed by atoms with Crippen LogP contribution in [0.2, 0.25) is 0 Å². The van der Waals surface area contributed by atoms with Crippen LogP contribution in [0, 0.1) is 5.41 Å². The monoisotopic (exact) mass is 280 g/mol. The van der Waals surface area contributed by atoms with Crippen LogP contribution in [0.3, 0.4) is 0 Å². The first kappa shape index (κ1) is 15.1. The van der Waals surface area contributed by atoms with E-state index < -0.39 is 0 Å². The third kappa shape index (κ3) is 3.44. The number of hydrogen-bond acceptors (Lipinski definition) is 2. The third-order valence-corrected chi connectivity index (χ3v) is 4.78. The predicted octanol–water partition coefficient (Wildman–Crippen LogP) is 1.31. The predicted molar refractivity (Wildman–Crippen MR) is 81.8 cm³/mol. The van der Waals surface area contributed by atoms with Gasteiger partial charge in [0.25, 0.3) is 0 Å². The van der Waals surface area contributed by atoms with Crippen LogP contribution in [0.4, 0.5) is 0 Å². The highest BCUT2D eigenvalue weighted by atomic mass is 16.2. The van der Waals surface area contributed by atoms with E-state index in [0.29, 0.717) is 12.0 Å². The summed E-state index contributed by atoms with van der Waals surface area (Å²) >= 11 is 0. The van der Waals surface area contributed by atoms with E-state index in [4.69, 9.17) is 0 Å². The summed E-state index contributed by atoms with van der Waals surface area (Å²) in [5.74, 6) is 1.07. The van der Waals surface area contributed by atoms with Crippen molar-refractivity contribution in [1.82, 2.24) is 15.1 Å². The van der Waals surface area contributed by atoms with Crippen LogP contribution in [0.5, 0.6) is 0 Å². The molecular formula is C15H28N4O. The Labute approximate surface area is 122 Å². The summed E-state index contributed by atoms with van der Waals surface area (Å²) in [7, 11) is 1.80. The van der Waals surface area contributed by atoms with Crippen LogP contribution >= 0.6 is 0 Å². The van der Waals surface area contributed by atoms with E-state index in [1.807, 2.05) is 4.90 Å². The zero-order valence-corrected chi connectivity index (χ0v) is 13.1. The molecule has 1 N–H and O–H groups in total. The number of nitrogens with zero attached hydrogens (tertiary/aromatic N) is 3. The number of guanidine groups is 1. The number of likely N-dealkylation sites (tertiary alicyclic amines) is 2. The fourth-order valence-corrected chi connectivity index (χ4v) is 3.06. The van der Waals surface area contributed by atoms with E-state index >= 15 is 0 Å². The molecule has 0 aromatic heterocycles. The fraction of sp³-hybridized carbons (Fsp3) is 0.867.